The zero-order valence-electron chi connectivity index (χ0n) is 17.6. The van der Waals surface area contributed by atoms with Crippen LogP contribution < -0.4 is 10.0 Å². The van der Waals surface area contributed by atoms with Gasteiger partial charge in [0, 0.05) is 18.7 Å². The van der Waals surface area contributed by atoms with E-state index in [1.165, 1.54) is 49.4 Å². The lowest BCUT2D eigenvalue weighted by molar-refractivity contribution is 0.0950. The van der Waals surface area contributed by atoms with Gasteiger partial charge in [-0.15, -0.1) is 6.42 Å². The monoisotopic (exact) mass is 439 g/mol. The summed E-state index contributed by atoms with van der Waals surface area (Å²) in [6.07, 6.45) is 10.3. The van der Waals surface area contributed by atoms with Crippen molar-refractivity contribution in [3.8, 4) is 12.3 Å². The van der Waals surface area contributed by atoms with Crippen LogP contribution in [-0.4, -0.2) is 38.9 Å². The van der Waals surface area contributed by atoms with Crippen LogP contribution in [-0.2, 0) is 23.1 Å². The summed E-state index contributed by atoms with van der Waals surface area (Å²) >= 11 is 0. The lowest BCUT2D eigenvalue weighted by Crippen LogP contribution is -2.26. The number of carbonyl (C=O) groups excluding carboxylic acids is 1. The van der Waals surface area contributed by atoms with Crippen molar-refractivity contribution < 1.29 is 13.2 Å². The van der Waals surface area contributed by atoms with Crippen LogP contribution in [0, 0.1) is 12.3 Å². The highest BCUT2D eigenvalue weighted by Gasteiger charge is 2.15. The maximum absolute atomic E-state index is 12.5. The van der Waals surface area contributed by atoms with Crippen molar-refractivity contribution in [3.63, 3.8) is 0 Å². The van der Waals surface area contributed by atoms with Gasteiger partial charge in [0.05, 0.1) is 11.4 Å². The second-order valence-electron chi connectivity index (χ2n) is 7.75. The number of rotatable bonds is 8. The Balaban J connectivity index is 1.56. The van der Waals surface area contributed by atoms with Gasteiger partial charge in [0.1, 0.15) is 0 Å². The van der Waals surface area contributed by atoms with Crippen LogP contribution in [0.25, 0.3) is 0 Å². The van der Waals surface area contributed by atoms with Crippen LogP contribution in [0.5, 0.6) is 0 Å². The molecule has 1 saturated heterocycles. The summed E-state index contributed by atoms with van der Waals surface area (Å²) in [6.45, 7) is 3.54. The maximum Gasteiger partial charge on any atom is 0.251 e. The molecule has 6 nitrogen and oxygen atoms in total. The minimum atomic E-state index is -3.74. The predicted octanol–water partition coefficient (Wildman–Crippen LogP) is 2.90. The number of hydrogen-bond donors (Lipinski definition) is 2. The number of nitrogens with one attached hydrogen (secondary N) is 2. The average Bonchev–Trinajstić information content (AvgIpc) is 3.06. The number of carbonyl (C=O) groups is 1. The molecule has 0 aromatic heterocycles. The molecule has 0 saturated carbocycles. The first kappa shape index (κ1) is 23.0. The Morgan fingerprint density at radius 3 is 2.35 bits per heavy atom. The number of nitrogens with zero attached hydrogens (tertiary/aromatic N) is 1. The lowest BCUT2D eigenvalue weighted by atomic mass is 10.1. The van der Waals surface area contributed by atoms with Gasteiger partial charge in [-0.25, -0.2) is 8.42 Å². The normalized spacial score (nSPS) is 15.1. The van der Waals surface area contributed by atoms with Crippen molar-refractivity contribution >= 4 is 15.9 Å². The van der Waals surface area contributed by atoms with Crippen molar-refractivity contribution in [2.24, 2.45) is 0 Å². The van der Waals surface area contributed by atoms with Gasteiger partial charge in [0.15, 0.2) is 0 Å². The number of sulfonamides is 1. The van der Waals surface area contributed by atoms with E-state index in [9.17, 15) is 13.2 Å². The van der Waals surface area contributed by atoms with Gasteiger partial charge in [-0.05, 0) is 55.3 Å². The first-order chi connectivity index (χ1) is 15.0. The Morgan fingerprint density at radius 1 is 1.00 bits per heavy atom. The molecule has 31 heavy (non-hydrogen) atoms. The number of amides is 1. The number of benzene rings is 2. The summed E-state index contributed by atoms with van der Waals surface area (Å²) in [5.41, 5.74) is 2.54. The molecule has 1 heterocycles. The van der Waals surface area contributed by atoms with Crippen molar-refractivity contribution in [3.05, 3.63) is 65.2 Å². The molecule has 1 fully saturated rings. The topological polar surface area (TPSA) is 78.5 Å². The molecule has 0 aliphatic carbocycles. The van der Waals surface area contributed by atoms with Crippen molar-refractivity contribution in [2.75, 3.05) is 19.6 Å². The summed E-state index contributed by atoms with van der Waals surface area (Å²) < 4.78 is 26.7. The maximum atomic E-state index is 12.5. The van der Waals surface area contributed by atoms with E-state index in [4.69, 9.17) is 6.42 Å². The fourth-order valence-electron chi connectivity index (χ4n) is 3.62. The van der Waals surface area contributed by atoms with Gasteiger partial charge in [-0.1, -0.05) is 49.1 Å². The summed E-state index contributed by atoms with van der Waals surface area (Å²) in [5, 5.41) is 2.85. The Morgan fingerprint density at radius 2 is 1.68 bits per heavy atom. The number of terminal acetylenes is 1. The van der Waals surface area contributed by atoms with Crippen LogP contribution in [0.15, 0.2) is 53.4 Å². The Bertz CT molecular complexity index is 1020. The van der Waals surface area contributed by atoms with E-state index in [2.05, 4.69) is 33.0 Å². The van der Waals surface area contributed by atoms with Gasteiger partial charge in [0.25, 0.3) is 5.91 Å². The molecule has 164 valence electrons. The summed E-state index contributed by atoms with van der Waals surface area (Å²) in [4.78, 5) is 15.0. The highest BCUT2D eigenvalue weighted by molar-refractivity contribution is 7.89. The molecule has 7 heteroatoms. The van der Waals surface area contributed by atoms with Crippen LogP contribution in [0.4, 0.5) is 0 Å². The first-order valence-corrected chi connectivity index (χ1v) is 12.1. The van der Waals surface area contributed by atoms with E-state index < -0.39 is 10.0 Å². The highest BCUT2D eigenvalue weighted by Crippen LogP contribution is 2.15. The van der Waals surface area contributed by atoms with Crippen molar-refractivity contribution in [2.45, 2.75) is 43.7 Å². The van der Waals surface area contributed by atoms with Crippen molar-refractivity contribution in [1.82, 2.24) is 14.9 Å². The molecule has 3 rings (SSSR count). The van der Waals surface area contributed by atoms with Gasteiger partial charge < -0.3 is 5.32 Å². The van der Waals surface area contributed by atoms with Crippen LogP contribution in [0.2, 0.25) is 0 Å². The molecular formula is C24H29N3O3S. The molecule has 1 amide bonds. The fraction of sp³-hybridized carbons (Fsp3) is 0.375. The molecule has 1 aliphatic rings. The van der Waals surface area contributed by atoms with Gasteiger partial charge in [-0.3, -0.25) is 9.69 Å². The Labute approximate surface area is 185 Å². The van der Waals surface area contributed by atoms with Crippen molar-refractivity contribution in [1.29, 1.82) is 0 Å². The molecular weight excluding hydrogens is 410 g/mol. The zero-order valence-corrected chi connectivity index (χ0v) is 18.5. The second kappa shape index (κ2) is 11.1. The van der Waals surface area contributed by atoms with Gasteiger partial charge in [-0.2, -0.15) is 4.72 Å². The number of likely N-dealkylation sites (tertiary alicyclic amines) is 1. The largest absolute Gasteiger partial charge is 0.348 e. The third-order valence-corrected chi connectivity index (χ3v) is 6.75. The first-order valence-electron chi connectivity index (χ1n) is 10.6. The minimum Gasteiger partial charge on any atom is -0.348 e. The molecule has 0 atom stereocenters. The molecule has 2 aromatic carbocycles. The Hall–Kier alpha value is -2.66. The van der Waals surface area contributed by atoms with E-state index in [-0.39, 0.29) is 22.9 Å². The van der Waals surface area contributed by atoms with E-state index in [1.807, 2.05) is 12.1 Å². The summed E-state index contributed by atoms with van der Waals surface area (Å²) in [5.74, 6) is 1.90. The fourth-order valence-corrected chi connectivity index (χ4v) is 4.60. The van der Waals surface area contributed by atoms with Crippen LogP contribution >= 0.6 is 0 Å². The van der Waals surface area contributed by atoms with E-state index in [1.54, 1.807) is 6.07 Å². The zero-order chi connectivity index (χ0) is 22.1. The highest BCUT2D eigenvalue weighted by atomic mass is 32.2. The third kappa shape index (κ3) is 6.93. The van der Waals surface area contributed by atoms with Crippen LogP contribution in [0.3, 0.4) is 0 Å². The smallest absolute Gasteiger partial charge is 0.251 e. The lowest BCUT2D eigenvalue weighted by Gasteiger charge is -2.19. The van der Waals surface area contributed by atoms with E-state index in [0.717, 1.165) is 25.2 Å². The molecule has 0 bridgehead atoms. The SMILES string of the molecule is C#CCNS(=O)(=O)c1cccc(C(=O)NCc2ccc(CN3CCCCCC3)cc2)c1. The van der Waals surface area contributed by atoms with E-state index in [0.29, 0.717) is 6.54 Å². The predicted molar refractivity (Wildman–Crippen MR) is 122 cm³/mol. The van der Waals surface area contributed by atoms with Gasteiger partial charge in [0.2, 0.25) is 10.0 Å². The standard InChI is InChI=1S/C24H29N3O3S/c1-2-14-26-31(29,30)23-9-7-8-22(17-23)24(28)25-18-20-10-12-21(13-11-20)19-27-15-5-3-4-6-16-27/h1,7-13,17,26H,3-6,14-16,18-19H2,(H,25,28). The molecule has 0 spiro atoms. The molecule has 0 unspecified atom stereocenters. The van der Waals surface area contributed by atoms with E-state index >= 15 is 0 Å². The van der Waals surface area contributed by atoms with Gasteiger partial charge >= 0.3 is 0 Å². The number of hydrogen-bond acceptors (Lipinski definition) is 4. The third-order valence-electron chi connectivity index (χ3n) is 5.35. The molecule has 2 aromatic rings. The molecule has 0 radical (unpaired) electrons. The second-order valence-corrected chi connectivity index (χ2v) is 9.51. The minimum absolute atomic E-state index is 0.00765. The summed E-state index contributed by atoms with van der Waals surface area (Å²) in [7, 11) is -3.74. The molecule has 1 aliphatic heterocycles. The summed E-state index contributed by atoms with van der Waals surface area (Å²) in [6, 6.07) is 14.2. The Kier molecular flexibility index (Phi) is 8.24. The molecule has 2 N–H and O–H groups in total. The average molecular weight is 440 g/mol. The quantitative estimate of drug-likeness (QED) is 0.620. The van der Waals surface area contributed by atoms with Crippen LogP contribution in [0.1, 0.15) is 47.2 Å².